The molecule has 1 N–H and O–H groups in total. The Bertz CT molecular complexity index is 229. The van der Waals surface area contributed by atoms with Crippen molar-refractivity contribution in [1.29, 1.82) is 0 Å². The maximum Gasteiger partial charge on any atom is 0.268 e. The van der Waals surface area contributed by atoms with Gasteiger partial charge in [-0.2, -0.15) is 8.42 Å². The Morgan fingerprint density at radius 3 is 1.77 bits per heavy atom. The smallest absolute Gasteiger partial charge is 0.268 e. The Kier molecular flexibility index (Phi) is 4.92. The maximum atomic E-state index is 10.9. The highest BCUT2D eigenvalue weighted by molar-refractivity contribution is 7.86. The molecule has 0 rings (SSSR count). The fourth-order valence-electron chi connectivity index (χ4n) is 1.32. The van der Waals surface area contributed by atoms with Crippen LogP contribution >= 0.6 is 0 Å². The van der Waals surface area contributed by atoms with Gasteiger partial charge in [0.25, 0.3) is 10.1 Å². The van der Waals surface area contributed by atoms with Gasteiger partial charge in [-0.1, -0.05) is 27.7 Å². The van der Waals surface area contributed by atoms with Crippen LogP contribution in [0.3, 0.4) is 0 Å². The van der Waals surface area contributed by atoms with E-state index in [1.54, 1.807) is 0 Å². The average Bonchev–Trinajstić information content (AvgIpc) is 1.81. The van der Waals surface area contributed by atoms with Crippen LogP contribution in [0, 0.1) is 11.8 Å². The molecule has 0 aromatic rings. The van der Waals surface area contributed by atoms with E-state index in [9.17, 15) is 8.42 Å². The summed E-state index contributed by atoms with van der Waals surface area (Å²) in [5, 5.41) is -0.602. The van der Waals surface area contributed by atoms with Gasteiger partial charge < -0.3 is 0 Å². The Balaban J connectivity index is 4.30. The van der Waals surface area contributed by atoms with Crippen LogP contribution in [-0.4, -0.2) is 18.2 Å². The summed E-state index contributed by atoms with van der Waals surface area (Å²) >= 11 is 0. The second-order valence-electron chi connectivity index (χ2n) is 4.27. The van der Waals surface area contributed by atoms with Crippen molar-refractivity contribution in [2.75, 3.05) is 0 Å². The fraction of sp³-hybridized carbons (Fsp3) is 1.00. The van der Waals surface area contributed by atoms with Gasteiger partial charge in [0.15, 0.2) is 0 Å². The van der Waals surface area contributed by atoms with E-state index in [2.05, 4.69) is 0 Å². The lowest BCUT2D eigenvalue weighted by atomic mass is 10.0. The Morgan fingerprint density at radius 1 is 1.08 bits per heavy atom. The predicted molar refractivity (Wildman–Crippen MR) is 54.2 cm³/mol. The molecule has 1 unspecified atom stereocenters. The van der Waals surface area contributed by atoms with E-state index in [1.807, 2.05) is 27.7 Å². The van der Waals surface area contributed by atoms with E-state index in [-0.39, 0.29) is 5.92 Å². The molecule has 0 aliphatic heterocycles. The van der Waals surface area contributed by atoms with Crippen molar-refractivity contribution in [3.8, 4) is 0 Å². The minimum Gasteiger partial charge on any atom is -0.285 e. The summed E-state index contributed by atoms with van der Waals surface area (Å²) in [6.45, 7) is 7.72. The molecule has 0 aliphatic carbocycles. The summed E-state index contributed by atoms with van der Waals surface area (Å²) in [5.41, 5.74) is 0. The molecule has 4 heteroatoms. The quantitative estimate of drug-likeness (QED) is 0.705. The highest BCUT2D eigenvalue weighted by Gasteiger charge is 2.26. The largest absolute Gasteiger partial charge is 0.285 e. The van der Waals surface area contributed by atoms with Gasteiger partial charge in [-0.25, -0.2) is 0 Å². The van der Waals surface area contributed by atoms with E-state index in [0.717, 1.165) is 6.42 Å². The van der Waals surface area contributed by atoms with Gasteiger partial charge in [-0.05, 0) is 24.7 Å². The zero-order chi connectivity index (χ0) is 10.6. The summed E-state index contributed by atoms with van der Waals surface area (Å²) in [6, 6.07) is 0. The normalized spacial score (nSPS) is 15.3. The third-order valence-electron chi connectivity index (χ3n) is 2.15. The van der Waals surface area contributed by atoms with Gasteiger partial charge >= 0.3 is 0 Å². The summed E-state index contributed by atoms with van der Waals surface area (Å²) in [7, 11) is -3.86. The molecule has 0 fully saturated rings. The van der Waals surface area contributed by atoms with Crippen LogP contribution in [0.25, 0.3) is 0 Å². The molecule has 0 amide bonds. The average molecular weight is 208 g/mol. The van der Waals surface area contributed by atoms with Gasteiger partial charge in [-0.3, -0.25) is 4.55 Å². The second kappa shape index (κ2) is 4.96. The molecule has 0 aromatic heterocycles. The zero-order valence-electron chi connectivity index (χ0n) is 8.82. The van der Waals surface area contributed by atoms with Gasteiger partial charge in [-0.15, -0.1) is 0 Å². The van der Waals surface area contributed by atoms with Crippen LogP contribution in [0.4, 0.5) is 0 Å². The molecule has 80 valence electrons. The maximum absolute atomic E-state index is 10.9. The lowest BCUT2D eigenvalue weighted by Gasteiger charge is -2.18. The summed E-state index contributed by atoms with van der Waals surface area (Å²) in [4.78, 5) is 0. The first-order chi connectivity index (χ1) is 5.75. The molecule has 13 heavy (non-hydrogen) atoms. The monoisotopic (exact) mass is 208 g/mol. The van der Waals surface area contributed by atoms with Crippen molar-refractivity contribution in [1.82, 2.24) is 0 Å². The van der Waals surface area contributed by atoms with Crippen LogP contribution in [0.2, 0.25) is 0 Å². The molecule has 0 aliphatic rings. The van der Waals surface area contributed by atoms with Crippen molar-refractivity contribution in [3.63, 3.8) is 0 Å². The highest BCUT2D eigenvalue weighted by Crippen LogP contribution is 2.19. The standard InChI is InChI=1S/C9H20O3S/c1-7(2)5-6-9(8(3)4)13(10,11)12/h7-9H,5-6H2,1-4H3,(H,10,11,12). The Hall–Kier alpha value is -0.0900. The van der Waals surface area contributed by atoms with Gasteiger partial charge in [0, 0.05) is 0 Å². The van der Waals surface area contributed by atoms with E-state index in [0.29, 0.717) is 12.3 Å². The molecule has 1 atom stereocenters. The first kappa shape index (κ1) is 12.9. The van der Waals surface area contributed by atoms with Crippen molar-refractivity contribution >= 4 is 10.1 Å². The van der Waals surface area contributed by atoms with Crippen molar-refractivity contribution in [3.05, 3.63) is 0 Å². The number of hydrogen-bond donors (Lipinski definition) is 1. The minimum atomic E-state index is -3.86. The molecule has 3 nitrogen and oxygen atoms in total. The molecule has 0 saturated carbocycles. The first-order valence-electron chi connectivity index (χ1n) is 4.71. The first-order valence-corrected chi connectivity index (χ1v) is 6.21. The molecular weight excluding hydrogens is 188 g/mol. The lowest BCUT2D eigenvalue weighted by molar-refractivity contribution is 0.414. The van der Waals surface area contributed by atoms with Crippen LogP contribution in [0.15, 0.2) is 0 Å². The van der Waals surface area contributed by atoms with E-state index in [1.165, 1.54) is 0 Å². The second-order valence-corrected chi connectivity index (χ2v) is 5.90. The van der Waals surface area contributed by atoms with Gasteiger partial charge in [0.05, 0.1) is 5.25 Å². The summed E-state index contributed by atoms with van der Waals surface area (Å²) < 4.78 is 30.8. The Morgan fingerprint density at radius 2 is 1.54 bits per heavy atom. The molecule has 0 heterocycles. The van der Waals surface area contributed by atoms with Crippen LogP contribution in [-0.2, 0) is 10.1 Å². The highest BCUT2D eigenvalue weighted by atomic mass is 32.2. The molecule has 0 radical (unpaired) electrons. The number of hydrogen-bond acceptors (Lipinski definition) is 2. The number of rotatable bonds is 5. The molecule has 0 saturated heterocycles. The SMILES string of the molecule is CC(C)CCC(C(C)C)S(=O)(=O)O. The minimum absolute atomic E-state index is 0.0197. The van der Waals surface area contributed by atoms with Crippen molar-refractivity contribution in [2.24, 2.45) is 11.8 Å². The van der Waals surface area contributed by atoms with Crippen LogP contribution in [0.5, 0.6) is 0 Å². The topological polar surface area (TPSA) is 54.4 Å². The van der Waals surface area contributed by atoms with Gasteiger partial charge in [0.2, 0.25) is 0 Å². The Labute approximate surface area is 81.3 Å². The molecular formula is C9H20O3S. The molecule has 0 spiro atoms. The van der Waals surface area contributed by atoms with E-state index >= 15 is 0 Å². The van der Waals surface area contributed by atoms with Gasteiger partial charge in [0.1, 0.15) is 0 Å². The fourth-order valence-corrected chi connectivity index (χ4v) is 2.45. The van der Waals surface area contributed by atoms with Crippen molar-refractivity contribution in [2.45, 2.75) is 45.8 Å². The van der Waals surface area contributed by atoms with E-state index in [4.69, 9.17) is 4.55 Å². The summed E-state index contributed by atoms with van der Waals surface area (Å²) in [5.74, 6) is 0.455. The lowest BCUT2D eigenvalue weighted by Crippen LogP contribution is -2.26. The van der Waals surface area contributed by atoms with Crippen LogP contribution in [0.1, 0.15) is 40.5 Å². The van der Waals surface area contributed by atoms with E-state index < -0.39 is 15.4 Å². The molecule has 0 bridgehead atoms. The molecule has 0 aromatic carbocycles. The van der Waals surface area contributed by atoms with Crippen LogP contribution < -0.4 is 0 Å². The van der Waals surface area contributed by atoms with Crippen molar-refractivity contribution < 1.29 is 13.0 Å². The predicted octanol–water partition coefficient (Wildman–Crippen LogP) is 2.33. The third kappa shape index (κ3) is 5.26. The zero-order valence-corrected chi connectivity index (χ0v) is 9.63. The summed E-state index contributed by atoms with van der Waals surface area (Å²) in [6.07, 6.45) is 1.39. The third-order valence-corrected chi connectivity index (χ3v) is 3.70.